The number of rotatable bonds is 4. The molecule has 1 aliphatic rings. The summed E-state index contributed by atoms with van der Waals surface area (Å²) in [6, 6.07) is 4.25. The molecule has 1 saturated carbocycles. The fourth-order valence-corrected chi connectivity index (χ4v) is 2.15. The summed E-state index contributed by atoms with van der Waals surface area (Å²) in [4.78, 5) is 22.1. The van der Waals surface area contributed by atoms with E-state index in [9.17, 15) is 14.9 Å². The number of para-hydroxylation sites is 1. The highest BCUT2D eigenvalue weighted by atomic mass is 16.6. The van der Waals surface area contributed by atoms with Crippen LogP contribution in [0.25, 0.3) is 0 Å². The maximum absolute atomic E-state index is 12.0. The molecule has 0 spiro atoms. The van der Waals surface area contributed by atoms with Gasteiger partial charge in [-0.25, -0.2) is 0 Å². The fourth-order valence-electron chi connectivity index (χ4n) is 2.15. The van der Waals surface area contributed by atoms with Crippen LogP contribution < -0.4 is 11.1 Å². The van der Waals surface area contributed by atoms with Gasteiger partial charge in [0.05, 0.1) is 10.5 Å². The minimum Gasteiger partial charge on any atom is -0.393 e. The molecule has 3 N–H and O–H groups in total. The predicted molar refractivity (Wildman–Crippen MR) is 71.7 cm³/mol. The number of hydrogen-bond donors (Lipinski definition) is 2. The van der Waals surface area contributed by atoms with Crippen molar-refractivity contribution in [3.05, 3.63) is 33.9 Å². The van der Waals surface area contributed by atoms with E-state index in [1.807, 2.05) is 0 Å². The summed E-state index contributed by atoms with van der Waals surface area (Å²) in [6.45, 7) is 4.87. The van der Waals surface area contributed by atoms with Crippen molar-refractivity contribution in [2.75, 3.05) is 12.3 Å². The van der Waals surface area contributed by atoms with Gasteiger partial charge >= 0.3 is 0 Å². The second-order valence-electron chi connectivity index (χ2n) is 5.60. The Balaban J connectivity index is 2.07. The van der Waals surface area contributed by atoms with Crippen molar-refractivity contribution in [2.45, 2.75) is 20.3 Å². The molecule has 0 aromatic heterocycles. The summed E-state index contributed by atoms with van der Waals surface area (Å²) in [6.07, 6.45) is 1.08. The van der Waals surface area contributed by atoms with Crippen LogP contribution in [0.3, 0.4) is 0 Å². The second-order valence-corrected chi connectivity index (χ2v) is 5.60. The molecular formula is C13H17N3O3. The van der Waals surface area contributed by atoms with E-state index in [1.165, 1.54) is 18.2 Å². The summed E-state index contributed by atoms with van der Waals surface area (Å²) in [5.74, 6) is 0.111. The molecule has 1 unspecified atom stereocenters. The van der Waals surface area contributed by atoms with Crippen LogP contribution in [0.1, 0.15) is 30.6 Å². The Morgan fingerprint density at radius 1 is 1.58 bits per heavy atom. The smallest absolute Gasteiger partial charge is 0.292 e. The molecule has 102 valence electrons. The topological polar surface area (TPSA) is 98.3 Å². The van der Waals surface area contributed by atoms with Crippen LogP contribution >= 0.6 is 0 Å². The Bertz CT molecular complexity index is 540. The van der Waals surface area contributed by atoms with E-state index in [0.29, 0.717) is 12.5 Å². The first-order chi connectivity index (χ1) is 8.83. The Kier molecular flexibility index (Phi) is 3.18. The lowest BCUT2D eigenvalue weighted by Gasteiger charge is -2.08. The molecule has 6 heteroatoms. The van der Waals surface area contributed by atoms with Gasteiger partial charge in [-0.1, -0.05) is 19.9 Å². The molecule has 0 heterocycles. The first kappa shape index (κ1) is 13.3. The number of amides is 1. The van der Waals surface area contributed by atoms with Crippen molar-refractivity contribution in [3.8, 4) is 0 Å². The number of nitrogen functional groups attached to an aromatic ring is 1. The van der Waals surface area contributed by atoms with Gasteiger partial charge in [0.15, 0.2) is 0 Å². The molecule has 1 fully saturated rings. The van der Waals surface area contributed by atoms with Gasteiger partial charge in [-0.05, 0) is 23.8 Å². The average Bonchev–Trinajstić information content (AvgIpc) is 2.94. The molecule has 1 aromatic carbocycles. The molecule has 1 amide bonds. The number of benzene rings is 1. The van der Waals surface area contributed by atoms with Gasteiger partial charge in [0.2, 0.25) is 0 Å². The largest absolute Gasteiger partial charge is 0.393 e. The summed E-state index contributed by atoms with van der Waals surface area (Å²) < 4.78 is 0. The number of carbonyl (C=O) groups is 1. The molecule has 0 aliphatic heterocycles. The van der Waals surface area contributed by atoms with E-state index in [-0.39, 0.29) is 28.3 Å². The van der Waals surface area contributed by atoms with Crippen LogP contribution in [0.5, 0.6) is 0 Å². The lowest BCUT2D eigenvalue weighted by Crippen LogP contribution is -2.27. The van der Waals surface area contributed by atoms with Gasteiger partial charge < -0.3 is 11.1 Å². The number of nitro groups is 1. The van der Waals surface area contributed by atoms with Crippen LogP contribution in [0.2, 0.25) is 0 Å². The summed E-state index contributed by atoms with van der Waals surface area (Å²) in [7, 11) is 0. The zero-order chi connectivity index (χ0) is 14.2. The zero-order valence-corrected chi connectivity index (χ0v) is 11.0. The molecule has 0 saturated heterocycles. The third kappa shape index (κ3) is 2.67. The molecule has 6 nitrogen and oxygen atoms in total. The van der Waals surface area contributed by atoms with Gasteiger partial charge in [-0.3, -0.25) is 14.9 Å². The van der Waals surface area contributed by atoms with Gasteiger partial charge in [0.25, 0.3) is 11.6 Å². The third-order valence-corrected chi connectivity index (χ3v) is 3.75. The van der Waals surface area contributed by atoms with E-state index in [2.05, 4.69) is 19.2 Å². The number of nitrogens with zero attached hydrogens (tertiary/aromatic N) is 1. The third-order valence-electron chi connectivity index (χ3n) is 3.75. The summed E-state index contributed by atoms with van der Waals surface area (Å²) in [5, 5.41) is 13.5. The van der Waals surface area contributed by atoms with Crippen LogP contribution in [-0.2, 0) is 0 Å². The zero-order valence-electron chi connectivity index (χ0n) is 11.0. The lowest BCUT2D eigenvalue weighted by atomic mass is 10.1. The van der Waals surface area contributed by atoms with Crippen LogP contribution in [-0.4, -0.2) is 17.4 Å². The Labute approximate surface area is 111 Å². The van der Waals surface area contributed by atoms with Crippen molar-refractivity contribution in [3.63, 3.8) is 0 Å². The first-order valence-electron chi connectivity index (χ1n) is 6.14. The van der Waals surface area contributed by atoms with E-state index < -0.39 is 4.92 Å². The molecule has 1 atom stereocenters. The standard InChI is InChI=1S/C13H17N3O3/c1-13(2)6-8(13)7-15-12(17)9-4-3-5-10(11(9)14)16(18)19/h3-5,8H,6-7,14H2,1-2H3,(H,15,17). The van der Waals surface area contributed by atoms with Crippen molar-refractivity contribution in [1.29, 1.82) is 0 Å². The number of nitrogens with two attached hydrogens (primary N) is 1. The predicted octanol–water partition coefficient (Wildman–Crippen LogP) is 1.95. The number of carbonyl (C=O) groups excluding carboxylic acids is 1. The molecular weight excluding hydrogens is 246 g/mol. The van der Waals surface area contributed by atoms with Crippen molar-refractivity contribution >= 4 is 17.3 Å². The Morgan fingerprint density at radius 3 is 2.74 bits per heavy atom. The highest BCUT2D eigenvalue weighted by Gasteiger charge is 2.45. The summed E-state index contributed by atoms with van der Waals surface area (Å²) in [5.41, 5.74) is 5.78. The lowest BCUT2D eigenvalue weighted by molar-refractivity contribution is -0.383. The van der Waals surface area contributed by atoms with Crippen LogP contribution in [0, 0.1) is 21.4 Å². The van der Waals surface area contributed by atoms with E-state index >= 15 is 0 Å². The molecule has 1 aliphatic carbocycles. The highest BCUT2D eigenvalue weighted by Crippen LogP contribution is 2.51. The number of nitro benzene ring substituents is 1. The number of nitrogens with one attached hydrogen (secondary N) is 1. The molecule has 1 aromatic rings. The number of hydrogen-bond acceptors (Lipinski definition) is 4. The highest BCUT2D eigenvalue weighted by molar-refractivity contribution is 6.00. The minimum atomic E-state index is -0.587. The second kappa shape index (κ2) is 4.53. The molecule has 19 heavy (non-hydrogen) atoms. The first-order valence-corrected chi connectivity index (χ1v) is 6.14. The minimum absolute atomic E-state index is 0.0833. The van der Waals surface area contributed by atoms with Gasteiger partial charge in [0, 0.05) is 12.6 Å². The number of anilines is 1. The normalized spacial score (nSPS) is 19.8. The Hall–Kier alpha value is -2.11. The van der Waals surface area contributed by atoms with E-state index in [0.717, 1.165) is 6.42 Å². The van der Waals surface area contributed by atoms with Gasteiger partial charge in [-0.15, -0.1) is 0 Å². The summed E-state index contributed by atoms with van der Waals surface area (Å²) >= 11 is 0. The monoisotopic (exact) mass is 263 g/mol. The average molecular weight is 263 g/mol. The molecule has 0 radical (unpaired) electrons. The van der Waals surface area contributed by atoms with Gasteiger partial charge in [-0.2, -0.15) is 0 Å². The van der Waals surface area contributed by atoms with E-state index in [1.54, 1.807) is 0 Å². The van der Waals surface area contributed by atoms with Crippen molar-refractivity contribution in [2.24, 2.45) is 11.3 Å². The van der Waals surface area contributed by atoms with Crippen LogP contribution in [0.4, 0.5) is 11.4 Å². The molecule has 0 bridgehead atoms. The SMILES string of the molecule is CC1(C)CC1CNC(=O)c1cccc([N+](=O)[O-])c1N. The Morgan fingerprint density at radius 2 is 2.21 bits per heavy atom. The van der Waals surface area contributed by atoms with Gasteiger partial charge in [0.1, 0.15) is 5.69 Å². The maximum Gasteiger partial charge on any atom is 0.292 e. The quantitative estimate of drug-likeness (QED) is 0.492. The fraction of sp³-hybridized carbons (Fsp3) is 0.462. The maximum atomic E-state index is 12.0. The van der Waals surface area contributed by atoms with E-state index in [4.69, 9.17) is 5.73 Å². The van der Waals surface area contributed by atoms with Crippen molar-refractivity contribution < 1.29 is 9.72 Å². The van der Waals surface area contributed by atoms with Crippen molar-refractivity contribution in [1.82, 2.24) is 5.32 Å². The van der Waals surface area contributed by atoms with Crippen LogP contribution in [0.15, 0.2) is 18.2 Å². The molecule has 2 rings (SSSR count).